The summed E-state index contributed by atoms with van der Waals surface area (Å²) in [5, 5.41) is 5.11. The molecule has 2 heterocycles. The SMILES string of the molecule is CC(C)c1c(C(=O)N2CCN(C(=O)c3ccccc3)CC2)cnn1-c1cccc(Cl)c1. The number of carbonyl (C=O) groups is 2. The summed E-state index contributed by atoms with van der Waals surface area (Å²) >= 11 is 6.15. The normalized spacial score (nSPS) is 14.2. The van der Waals surface area contributed by atoms with Crippen LogP contribution in [-0.4, -0.2) is 57.6 Å². The summed E-state index contributed by atoms with van der Waals surface area (Å²) in [4.78, 5) is 29.6. The molecule has 1 aliphatic heterocycles. The maximum atomic E-state index is 13.3. The van der Waals surface area contributed by atoms with Crippen molar-refractivity contribution in [1.82, 2.24) is 19.6 Å². The molecule has 2 amide bonds. The summed E-state index contributed by atoms with van der Waals surface area (Å²) in [6.07, 6.45) is 1.64. The molecule has 0 radical (unpaired) electrons. The number of rotatable bonds is 4. The van der Waals surface area contributed by atoms with Crippen molar-refractivity contribution in [2.45, 2.75) is 19.8 Å². The lowest BCUT2D eigenvalue weighted by Crippen LogP contribution is -2.50. The third kappa shape index (κ3) is 4.35. The van der Waals surface area contributed by atoms with E-state index in [9.17, 15) is 9.59 Å². The summed E-state index contributed by atoms with van der Waals surface area (Å²) in [7, 11) is 0. The van der Waals surface area contributed by atoms with Crippen molar-refractivity contribution in [3.05, 3.63) is 82.6 Å². The lowest BCUT2D eigenvalue weighted by Gasteiger charge is -2.35. The molecule has 160 valence electrons. The Kier molecular flexibility index (Phi) is 6.09. The smallest absolute Gasteiger partial charge is 0.257 e. The van der Waals surface area contributed by atoms with E-state index in [0.29, 0.717) is 42.3 Å². The maximum absolute atomic E-state index is 13.3. The average Bonchev–Trinajstić information content (AvgIpc) is 3.24. The zero-order valence-electron chi connectivity index (χ0n) is 17.7. The second kappa shape index (κ2) is 8.94. The van der Waals surface area contributed by atoms with Crippen molar-refractivity contribution >= 4 is 23.4 Å². The topological polar surface area (TPSA) is 58.4 Å². The second-order valence-electron chi connectivity index (χ2n) is 7.94. The molecular weight excluding hydrogens is 412 g/mol. The highest BCUT2D eigenvalue weighted by Gasteiger charge is 2.29. The Bertz CT molecular complexity index is 1090. The summed E-state index contributed by atoms with van der Waals surface area (Å²) in [5.41, 5.74) is 2.95. The zero-order valence-corrected chi connectivity index (χ0v) is 18.4. The zero-order chi connectivity index (χ0) is 22.0. The van der Waals surface area contributed by atoms with Gasteiger partial charge >= 0.3 is 0 Å². The van der Waals surface area contributed by atoms with Crippen LogP contribution in [0.4, 0.5) is 0 Å². The van der Waals surface area contributed by atoms with Gasteiger partial charge in [0, 0.05) is 36.8 Å². The third-order valence-electron chi connectivity index (χ3n) is 5.51. The molecule has 0 aliphatic carbocycles. The molecular formula is C24H25ClN4O2. The molecule has 0 unspecified atom stereocenters. The quantitative estimate of drug-likeness (QED) is 0.614. The van der Waals surface area contributed by atoms with Gasteiger partial charge in [-0.1, -0.05) is 49.7 Å². The first-order valence-corrected chi connectivity index (χ1v) is 10.8. The van der Waals surface area contributed by atoms with Crippen LogP contribution in [0.3, 0.4) is 0 Å². The minimum atomic E-state index is -0.0520. The fourth-order valence-corrected chi connectivity index (χ4v) is 4.12. The van der Waals surface area contributed by atoms with Crippen molar-refractivity contribution in [1.29, 1.82) is 0 Å². The fourth-order valence-electron chi connectivity index (χ4n) is 3.94. The molecule has 1 fully saturated rings. The standard InChI is InChI=1S/C24H25ClN4O2/c1-17(2)22-21(16-26-29(22)20-10-6-9-19(25)15-20)24(31)28-13-11-27(12-14-28)23(30)18-7-4-3-5-8-18/h3-10,15-17H,11-14H2,1-2H3. The molecule has 0 saturated carbocycles. The first kappa shape index (κ1) is 21.1. The first-order valence-electron chi connectivity index (χ1n) is 10.4. The monoisotopic (exact) mass is 436 g/mol. The van der Waals surface area contributed by atoms with E-state index >= 15 is 0 Å². The Hall–Kier alpha value is -3.12. The minimum Gasteiger partial charge on any atom is -0.335 e. The number of nitrogens with zero attached hydrogens (tertiary/aromatic N) is 4. The van der Waals surface area contributed by atoms with Gasteiger partial charge in [0.1, 0.15) is 0 Å². The summed E-state index contributed by atoms with van der Waals surface area (Å²) < 4.78 is 1.79. The molecule has 1 aliphatic rings. The van der Waals surface area contributed by atoms with Gasteiger partial charge < -0.3 is 9.80 Å². The second-order valence-corrected chi connectivity index (χ2v) is 8.38. The van der Waals surface area contributed by atoms with Gasteiger partial charge in [-0.25, -0.2) is 4.68 Å². The molecule has 0 N–H and O–H groups in total. The van der Waals surface area contributed by atoms with Crippen molar-refractivity contribution in [3.63, 3.8) is 0 Å². The number of piperazine rings is 1. The van der Waals surface area contributed by atoms with Gasteiger partial charge in [0.2, 0.25) is 0 Å². The van der Waals surface area contributed by atoms with E-state index in [4.69, 9.17) is 11.6 Å². The van der Waals surface area contributed by atoms with Crippen molar-refractivity contribution in [2.75, 3.05) is 26.2 Å². The molecule has 4 rings (SSSR count). The lowest BCUT2D eigenvalue weighted by atomic mass is 10.0. The van der Waals surface area contributed by atoms with Gasteiger partial charge in [0.05, 0.1) is 23.1 Å². The van der Waals surface area contributed by atoms with Crippen LogP contribution in [0.2, 0.25) is 5.02 Å². The molecule has 1 aromatic heterocycles. The maximum Gasteiger partial charge on any atom is 0.257 e. The highest BCUT2D eigenvalue weighted by Crippen LogP contribution is 2.26. The highest BCUT2D eigenvalue weighted by molar-refractivity contribution is 6.30. The summed E-state index contributed by atoms with van der Waals surface area (Å²) in [6, 6.07) is 16.7. The van der Waals surface area contributed by atoms with Crippen LogP contribution < -0.4 is 0 Å². The number of halogens is 1. The van der Waals surface area contributed by atoms with Gasteiger partial charge in [-0.2, -0.15) is 5.10 Å². The van der Waals surface area contributed by atoms with E-state index in [2.05, 4.69) is 5.10 Å². The van der Waals surface area contributed by atoms with Gasteiger partial charge in [-0.3, -0.25) is 9.59 Å². The van der Waals surface area contributed by atoms with Crippen molar-refractivity contribution in [2.24, 2.45) is 0 Å². The van der Waals surface area contributed by atoms with E-state index in [1.54, 1.807) is 20.7 Å². The van der Waals surface area contributed by atoms with Crippen LogP contribution in [-0.2, 0) is 0 Å². The highest BCUT2D eigenvalue weighted by atomic mass is 35.5. The minimum absolute atomic E-state index is 0.00402. The van der Waals surface area contributed by atoms with Crippen molar-refractivity contribution in [3.8, 4) is 5.69 Å². The van der Waals surface area contributed by atoms with Crippen LogP contribution >= 0.6 is 11.6 Å². The number of hydrogen-bond acceptors (Lipinski definition) is 3. The van der Waals surface area contributed by atoms with Crippen LogP contribution in [0.25, 0.3) is 5.69 Å². The largest absolute Gasteiger partial charge is 0.335 e. The van der Waals surface area contributed by atoms with Crippen LogP contribution in [0, 0.1) is 0 Å². The Balaban J connectivity index is 1.51. The Labute approximate surface area is 187 Å². The van der Waals surface area contributed by atoms with E-state index < -0.39 is 0 Å². The van der Waals surface area contributed by atoms with E-state index in [-0.39, 0.29) is 17.7 Å². The van der Waals surface area contributed by atoms with Crippen LogP contribution in [0.1, 0.15) is 46.2 Å². The van der Waals surface area contributed by atoms with Gasteiger partial charge in [0.15, 0.2) is 0 Å². The van der Waals surface area contributed by atoms with E-state index in [1.807, 2.05) is 68.4 Å². The molecule has 6 nitrogen and oxygen atoms in total. The van der Waals surface area contributed by atoms with Crippen LogP contribution in [0.15, 0.2) is 60.8 Å². The number of aromatic nitrogens is 2. The number of hydrogen-bond donors (Lipinski definition) is 0. The number of benzene rings is 2. The summed E-state index contributed by atoms with van der Waals surface area (Å²) in [5.74, 6) is 0.0505. The van der Waals surface area contributed by atoms with E-state index in [1.165, 1.54) is 0 Å². The van der Waals surface area contributed by atoms with Gasteiger partial charge in [-0.05, 0) is 36.2 Å². The number of carbonyl (C=O) groups excluding carboxylic acids is 2. The molecule has 1 saturated heterocycles. The molecule has 3 aromatic rings. The molecule has 2 aromatic carbocycles. The molecule has 7 heteroatoms. The van der Waals surface area contributed by atoms with Gasteiger partial charge in [-0.15, -0.1) is 0 Å². The Morgan fingerprint density at radius 3 is 2.16 bits per heavy atom. The van der Waals surface area contributed by atoms with E-state index in [0.717, 1.165) is 11.4 Å². The predicted molar refractivity (Wildman–Crippen MR) is 121 cm³/mol. The Morgan fingerprint density at radius 2 is 1.55 bits per heavy atom. The molecule has 31 heavy (non-hydrogen) atoms. The molecule has 0 atom stereocenters. The summed E-state index contributed by atoms with van der Waals surface area (Å²) in [6.45, 7) is 6.11. The molecule has 0 bridgehead atoms. The van der Waals surface area contributed by atoms with Crippen molar-refractivity contribution < 1.29 is 9.59 Å². The fraction of sp³-hybridized carbons (Fsp3) is 0.292. The first-order chi connectivity index (χ1) is 15.0. The molecule has 0 spiro atoms. The number of amides is 2. The lowest BCUT2D eigenvalue weighted by molar-refractivity contribution is 0.0534. The Morgan fingerprint density at radius 1 is 0.903 bits per heavy atom. The third-order valence-corrected chi connectivity index (χ3v) is 5.75. The average molecular weight is 437 g/mol. The van der Waals surface area contributed by atoms with Crippen LogP contribution in [0.5, 0.6) is 0 Å². The predicted octanol–water partition coefficient (Wildman–Crippen LogP) is 4.25. The van der Waals surface area contributed by atoms with Gasteiger partial charge in [0.25, 0.3) is 11.8 Å².